The van der Waals surface area contributed by atoms with E-state index < -0.39 is 5.97 Å². The zero-order chi connectivity index (χ0) is 19.7. The van der Waals surface area contributed by atoms with E-state index in [1.165, 1.54) is 0 Å². The van der Waals surface area contributed by atoms with Gasteiger partial charge in [-0.25, -0.2) is 4.79 Å². The van der Waals surface area contributed by atoms with Gasteiger partial charge in [-0.1, -0.05) is 12.1 Å². The van der Waals surface area contributed by atoms with Gasteiger partial charge in [-0.05, 0) is 17.7 Å². The van der Waals surface area contributed by atoms with Gasteiger partial charge in [0.2, 0.25) is 0 Å². The average molecular weight is 384 g/mol. The number of fused-ring (bicyclic) bond motifs is 1. The first-order valence-corrected chi connectivity index (χ1v) is 9.49. The molecule has 2 aliphatic heterocycles. The minimum atomic E-state index is -0.921. The Balaban J connectivity index is 1.51. The zero-order valence-corrected chi connectivity index (χ0v) is 15.9. The fourth-order valence-corrected chi connectivity index (χ4v) is 3.88. The summed E-state index contributed by atoms with van der Waals surface area (Å²) in [6.45, 7) is 4.58. The van der Waals surface area contributed by atoms with Crippen LogP contribution < -0.4 is 0 Å². The Kier molecular flexibility index (Phi) is 5.15. The normalized spacial score (nSPS) is 17.4. The van der Waals surface area contributed by atoms with Gasteiger partial charge < -0.3 is 14.7 Å². The van der Waals surface area contributed by atoms with Gasteiger partial charge >= 0.3 is 5.97 Å². The van der Waals surface area contributed by atoms with E-state index in [-0.39, 0.29) is 11.5 Å². The standard InChI is InChI=1S/C20H24N4O4/c1-22-17-6-7-23(12-14-2-4-15(5-3-14)20(26)27)13-16(17)18(21-22)19(25)24-8-10-28-11-9-24/h2-5H,6-13H2,1H3,(H,26,27). The third kappa shape index (κ3) is 3.65. The summed E-state index contributed by atoms with van der Waals surface area (Å²) in [4.78, 5) is 28.1. The number of benzene rings is 1. The van der Waals surface area contributed by atoms with E-state index in [4.69, 9.17) is 9.84 Å². The number of hydrogen-bond donors (Lipinski definition) is 1. The Morgan fingerprint density at radius 1 is 1.14 bits per heavy atom. The molecule has 0 saturated carbocycles. The number of carboxylic acid groups (broad SMARTS) is 1. The summed E-state index contributed by atoms with van der Waals surface area (Å²) in [7, 11) is 1.90. The lowest BCUT2D eigenvalue weighted by atomic mass is 10.0. The van der Waals surface area contributed by atoms with Crippen LogP contribution in [-0.4, -0.2) is 69.4 Å². The lowest BCUT2D eigenvalue weighted by Gasteiger charge is -2.29. The molecule has 2 aromatic rings. The van der Waals surface area contributed by atoms with E-state index in [0.29, 0.717) is 45.1 Å². The van der Waals surface area contributed by atoms with Crippen molar-refractivity contribution in [1.29, 1.82) is 0 Å². The molecule has 0 atom stereocenters. The lowest BCUT2D eigenvalue weighted by molar-refractivity contribution is 0.0297. The van der Waals surface area contributed by atoms with Crippen LogP contribution in [0.1, 0.15) is 37.7 Å². The van der Waals surface area contributed by atoms with Crippen molar-refractivity contribution in [3.63, 3.8) is 0 Å². The minimum absolute atomic E-state index is 0.0205. The summed E-state index contributed by atoms with van der Waals surface area (Å²) in [5.41, 5.74) is 4.01. The predicted octanol–water partition coefficient (Wildman–Crippen LogP) is 1.15. The number of carbonyl (C=O) groups is 2. The monoisotopic (exact) mass is 384 g/mol. The highest BCUT2D eigenvalue weighted by atomic mass is 16.5. The Labute approximate surface area is 163 Å². The number of amides is 1. The van der Waals surface area contributed by atoms with Gasteiger partial charge in [-0.2, -0.15) is 5.10 Å². The van der Waals surface area contributed by atoms with Crippen molar-refractivity contribution in [3.8, 4) is 0 Å². The highest BCUT2D eigenvalue weighted by Gasteiger charge is 2.30. The molecule has 0 bridgehead atoms. The van der Waals surface area contributed by atoms with Crippen molar-refractivity contribution in [2.75, 3.05) is 32.8 Å². The number of ether oxygens (including phenoxy) is 1. The number of nitrogens with zero attached hydrogens (tertiary/aromatic N) is 4. The summed E-state index contributed by atoms with van der Waals surface area (Å²) < 4.78 is 7.18. The van der Waals surface area contributed by atoms with Crippen molar-refractivity contribution in [2.45, 2.75) is 19.5 Å². The largest absolute Gasteiger partial charge is 0.478 e. The lowest BCUT2D eigenvalue weighted by Crippen LogP contribution is -2.41. The van der Waals surface area contributed by atoms with E-state index in [9.17, 15) is 9.59 Å². The SMILES string of the molecule is Cn1nc(C(=O)N2CCOCC2)c2c1CCN(Cc1ccc(C(=O)O)cc1)C2. The first-order chi connectivity index (χ1) is 13.5. The summed E-state index contributed by atoms with van der Waals surface area (Å²) in [6.07, 6.45) is 0.836. The van der Waals surface area contributed by atoms with Gasteiger partial charge in [0.1, 0.15) is 0 Å². The minimum Gasteiger partial charge on any atom is -0.478 e. The Bertz CT molecular complexity index is 884. The summed E-state index contributed by atoms with van der Waals surface area (Å²) >= 11 is 0. The molecule has 1 amide bonds. The second-order valence-corrected chi connectivity index (χ2v) is 7.26. The molecular weight excluding hydrogens is 360 g/mol. The first kappa shape index (κ1) is 18.6. The number of aryl methyl sites for hydroxylation is 1. The molecule has 0 aliphatic carbocycles. The van der Waals surface area contributed by atoms with E-state index in [2.05, 4.69) is 10.00 Å². The highest BCUT2D eigenvalue weighted by molar-refractivity contribution is 5.94. The third-order valence-electron chi connectivity index (χ3n) is 5.43. The second-order valence-electron chi connectivity index (χ2n) is 7.26. The summed E-state index contributed by atoms with van der Waals surface area (Å²) in [5.74, 6) is -0.941. The van der Waals surface area contributed by atoms with E-state index >= 15 is 0 Å². The van der Waals surface area contributed by atoms with E-state index in [1.807, 2.05) is 28.8 Å². The van der Waals surface area contributed by atoms with Crippen molar-refractivity contribution in [3.05, 3.63) is 52.3 Å². The van der Waals surface area contributed by atoms with Gasteiger partial charge in [0, 0.05) is 57.4 Å². The Morgan fingerprint density at radius 2 is 1.86 bits per heavy atom. The molecule has 1 aromatic carbocycles. The van der Waals surface area contributed by atoms with Crippen LogP contribution in [0.25, 0.3) is 0 Å². The first-order valence-electron chi connectivity index (χ1n) is 9.49. The van der Waals surface area contributed by atoms with Crippen LogP contribution in [0, 0.1) is 0 Å². The summed E-state index contributed by atoms with van der Waals surface area (Å²) in [6, 6.07) is 6.96. The Morgan fingerprint density at radius 3 is 2.54 bits per heavy atom. The molecule has 0 radical (unpaired) electrons. The van der Waals surface area contributed by atoms with Gasteiger partial charge in [-0.15, -0.1) is 0 Å². The number of rotatable bonds is 4. The number of aromatic nitrogens is 2. The quantitative estimate of drug-likeness (QED) is 0.851. The van der Waals surface area contributed by atoms with Crippen LogP contribution in [0.4, 0.5) is 0 Å². The van der Waals surface area contributed by atoms with Crippen molar-refractivity contribution in [2.24, 2.45) is 7.05 Å². The molecule has 148 valence electrons. The summed E-state index contributed by atoms with van der Waals surface area (Å²) in [5, 5.41) is 13.6. The van der Waals surface area contributed by atoms with Gasteiger partial charge in [0.25, 0.3) is 5.91 Å². The fraction of sp³-hybridized carbons (Fsp3) is 0.450. The van der Waals surface area contributed by atoms with Gasteiger partial charge in [0.15, 0.2) is 5.69 Å². The molecule has 0 unspecified atom stereocenters. The molecule has 4 rings (SSSR count). The molecule has 1 saturated heterocycles. The van der Waals surface area contributed by atoms with Crippen LogP contribution in [0.2, 0.25) is 0 Å². The van der Waals surface area contributed by atoms with Crippen molar-refractivity contribution in [1.82, 2.24) is 19.6 Å². The van der Waals surface area contributed by atoms with Crippen molar-refractivity contribution >= 4 is 11.9 Å². The fourth-order valence-electron chi connectivity index (χ4n) is 3.88. The predicted molar refractivity (Wildman–Crippen MR) is 101 cm³/mol. The van der Waals surface area contributed by atoms with E-state index in [1.54, 1.807) is 12.1 Å². The van der Waals surface area contributed by atoms with Gasteiger partial charge in [-0.3, -0.25) is 14.4 Å². The molecule has 1 N–H and O–H groups in total. The van der Waals surface area contributed by atoms with Gasteiger partial charge in [0.05, 0.1) is 18.8 Å². The maximum Gasteiger partial charge on any atom is 0.335 e. The topological polar surface area (TPSA) is 87.9 Å². The smallest absolute Gasteiger partial charge is 0.335 e. The number of morpholine rings is 1. The molecule has 2 aliphatic rings. The van der Waals surface area contributed by atoms with Crippen LogP contribution in [0.3, 0.4) is 0 Å². The molecular formula is C20H24N4O4. The molecule has 1 fully saturated rings. The number of carbonyl (C=O) groups excluding carboxylic acids is 1. The highest BCUT2D eigenvalue weighted by Crippen LogP contribution is 2.25. The van der Waals surface area contributed by atoms with Crippen molar-refractivity contribution < 1.29 is 19.4 Å². The van der Waals surface area contributed by atoms with E-state index in [0.717, 1.165) is 29.8 Å². The molecule has 8 nitrogen and oxygen atoms in total. The molecule has 28 heavy (non-hydrogen) atoms. The molecule has 0 spiro atoms. The van der Waals surface area contributed by atoms with Crippen LogP contribution in [-0.2, 0) is 31.3 Å². The second kappa shape index (κ2) is 7.73. The number of carboxylic acids is 1. The average Bonchev–Trinajstić information content (AvgIpc) is 3.04. The molecule has 8 heteroatoms. The van der Waals surface area contributed by atoms with Crippen LogP contribution >= 0.6 is 0 Å². The number of aromatic carboxylic acids is 1. The van der Waals surface area contributed by atoms with Crippen LogP contribution in [0.5, 0.6) is 0 Å². The van der Waals surface area contributed by atoms with Crippen LogP contribution in [0.15, 0.2) is 24.3 Å². The number of hydrogen-bond acceptors (Lipinski definition) is 5. The molecule has 3 heterocycles. The zero-order valence-electron chi connectivity index (χ0n) is 15.9. The maximum absolute atomic E-state index is 13.0. The maximum atomic E-state index is 13.0. The molecule has 1 aromatic heterocycles. The third-order valence-corrected chi connectivity index (χ3v) is 5.43. The Hall–Kier alpha value is -2.71.